The van der Waals surface area contributed by atoms with Gasteiger partial charge in [0.25, 0.3) is 0 Å². The van der Waals surface area contributed by atoms with Gasteiger partial charge in [-0.3, -0.25) is 4.79 Å². The number of carbonyl (C=O) groups excluding carboxylic acids is 1. The first-order valence-electron chi connectivity index (χ1n) is 7.01. The molecular formula is C15H22N2O3. The van der Waals surface area contributed by atoms with Crippen LogP contribution in [0.1, 0.15) is 25.7 Å². The third kappa shape index (κ3) is 3.63. The smallest absolute Gasteiger partial charge is 0.241 e. The average molecular weight is 278 g/mol. The van der Waals surface area contributed by atoms with Gasteiger partial charge in [0.1, 0.15) is 0 Å². The van der Waals surface area contributed by atoms with Gasteiger partial charge in [0, 0.05) is 11.8 Å². The third-order valence-electron chi connectivity index (χ3n) is 3.53. The maximum Gasteiger partial charge on any atom is 0.241 e. The number of rotatable bonds is 4. The molecular weight excluding hydrogens is 256 g/mol. The normalized spacial score (nSPS) is 19.0. The Kier molecular flexibility index (Phi) is 5.24. The molecule has 1 fully saturated rings. The molecule has 2 N–H and O–H groups in total. The Labute approximate surface area is 119 Å². The summed E-state index contributed by atoms with van der Waals surface area (Å²) in [4.78, 5) is 12.2. The number of carbonyl (C=O) groups is 1. The summed E-state index contributed by atoms with van der Waals surface area (Å²) in [6, 6.07) is 5.27. The topological polar surface area (TPSA) is 59.6 Å². The summed E-state index contributed by atoms with van der Waals surface area (Å²) in [5.74, 6) is 1.27. The maximum atomic E-state index is 12.2. The number of hydrogen-bond acceptors (Lipinski definition) is 4. The minimum Gasteiger partial charge on any atom is -0.493 e. The summed E-state index contributed by atoms with van der Waals surface area (Å²) >= 11 is 0. The SMILES string of the molecule is COc1ccc(NC(=O)C2CCCCCN2)cc1OC. The van der Waals surface area contributed by atoms with Gasteiger partial charge < -0.3 is 20.1 Å². The van der Waals surface area contributed by atoms with E-state index in [1.807, 2.05) is 6.07 Å². The minimum absolute atomic E-state index is 0.0131. The molecule has 20 heavy (non-hydrogen) atoms. The van der Waals surface area contributed by atoms with Crippen molar-refractivity contribution in [2.75, 3.05) is 26.1 Å². The molecule has 1 amide bonds. The lowest BCUT2D eigenvalue weighted by atomic mass is 10.1. The van der Waals surface area contributed by atoms with Crippen LogP contribution in [-0.4, -0.2) is 32.7 Å². The van der Waals surface area contributed by atoms with Gasteiger partial charge in [0.2, 0.25) is 5.91 Å². The lowest BCUT2D eigenvalue weighted by Gasteiger charge is -2.16. The summed E-state index contributed by atoms with van der Waals surface area (Å²) in [7, 11) is 3.17. The average Bonchev–Trinajstić information content (AvgIpc) is 2.76. The van der Waals surface area contributed by atoms with Crippen LogP contribution in [0.3, 0.4) is 0 Å². The number of hydrogen-bond donors (Lipinski definition) is 2. The first kappa shape index (κ1) is 14.7. The highest BCUT2D eigenvalue weighted by atomic mass is 16.5. The van der Waals surface area contributed by atoms with Gasteiger partial charge in [-0.05, 0) is 31.5 Å². The molecule has 0 spiro atoms. The third-order valence-corrected chi connectivity index (χ3v) is 3.53. The van der Waals surface area contributed by atoms with E-state index in [1.165, 1.54) is 6.42 Å². The zero-order chi connectivity index (χ0) is 14.4. The molecule has 1 aromatic carbocycles. The molecule has 0 aliphatic carbocycles. The van der Waals surface area contributed by atoms with E-state index in [0.29, 0.717) is 11.5 Å². The Bertz CT molecular complexity index is 454. The van der Waals surface area contributed by atoms with E-state index in [4.69, 9.17) is 9.47 Å². The predicted octanol–water partition coefficient (Wildman–Crippen LogP) is 2.17. The second kappa shape index (κ2) is 7.14. The van der Waals surface area contributed by atoms with Gasteiger partial charge in [0.15, 0.2) is 11.5 Å². The van der Waals surface area contributed by atoms with Gasteiger partial charge in [-0.1, -0.05) is 12.8 Å². The molecule has 0 saturated carbocycles. The Morgan fingerprint density at radius 2 is 2.00 bits per heavy atom. The van der Waals surface area contributed by atoms with Crippen molar-refractivity contribution in [1.82, 2.24) is 5.32 Å². The fraction of sp³-hybridized carbons (Fsp3) is 0.533. The lowest BCUT2D eigenvalue weighted by molar-refractivity contribution is -0.118. The Hall–Kier alpha value is -1.75. The maximum absolute atomic E-state index is 12.2. The van der Waals surface area contributed by atoms with E-state index < -0.39 is 0 Å². The fourth-order valence-electron chi connectivity index (χ4n) is 2.40. The minimum atomic E-state index is -0.106. The fourth-order valence-corrected chi connectivity index (χ4v) is 2.40. The van der Waals surface area contributed by atoms with Crippen LogP contribution in [-0.2, 0) is 4.79 Å². The van der Waals surface area contributed by atoms with Crippen molar-refractivity contribution in [2.45, 2.75) is 31.7 Å². The number of nitrogens with one attached hydrogen (secondary N) is 2. The van der Waals surface area contributed by atoms with E-state index >= 15 is 0 Å². The Morgan fingerprint density at radius 1 is 1.20 bits per heavy atom. The molecule has 1 aromatic rings. The summed E-state index contributed by atoms with van der Waals surface area (Å²) < 4.78 is 10.4. The second-order valence-corrected chi connectivity index (χ2v) is 4.92. The van der Waals surface area contributed by atoms with E-state index in [0.717, 1.165) is 31.5 Å². The first-order chi connectivity index (χ1) is 9.74. The molecule has 0 radical (unpaired) electrons. The van der Waals surface area contributed by atoms with Crippen molar-refractivity contribution < 1.29 is 14.3 Å². The molecule has 5 heteroatoms. The van der Waals surface area contributed by atoms with Crippen molar-refractivity contribution in [3.63, 3.8) is 0 Å². The van der Waals surface area contributed by atoms with Crippen LogP contribution in [0.2, 0.25) is 0 Å². The quantitative estimate of drug-likeness (QED) is 0.886. The van der Waals surface area contributed by atoms with Gasteiger partial charge in [-0.25, -0.2) is 0 Å². The molecule has 0 aromatic heterocycles. The molecule has 1 unspecified atom stereocenters. The lowest BCUT2D eigenvalue weighted by Crippen LogP contribution is -2.39. The standard InChI is InChI=1S/C15H22N2O3/c1-19-13-8-7-11(10-14(13)20-2)17-15(18)12-6-4-3-5-9-16-12/h7-8,10,12,16H,3-6,9H2,1-2H3,(H,17,18). The predicted molar refractivity (Wildman–Crippen MR) is 78.4 cm³/mol. The van der Waals surface area contributed by atoms with Crippen LogP contribution in [0.5, 0.6) is 11.5 Å². The van der Waals surface area contributed by atoms with E-state index in [2.05, 4.69) is 10.6 Å². The largest absolute Gasteiger partial charge is 0.493 e. The van der Waals surface area contributed by atoms with Crippen molar-refractivity contribution in [1.29, 1.82) is 0 Å². The summed E-state index contributed by atoms with van der Waals surface area (Å²) in [5.41, 5.74) is 0.721. The molecule has 5 nitrogen and oxygen atoms in total. The van der Waals surface area contributed by atoms with Crippen LogP contribution in [0, 0.1) is 0 Å². The molecule has 2 rings (SSSR count). The van der Waals surface area contributed by atoms with E-state index in [-0.39, 0.29) is 11.9 Å². The van der Waals surface area contributed by atoms with Crippen LogP contribution in [0.15, 0.2) is 18.2 Å². The number of ether oxygens (including phenoxy) is 2. The molecule has 110 valence electrons. The van der Waals surface area contributed by atoms with Crippen LogP contribution in [0.25, 0.3) is 0 Å². The van der Waals surface area contributed by atoms with E-state index in [9.17, 15) is 4.79 Å². The van der Waals surface area contributed by atoms with E-state index in [1.54, 1.807) is 26.4 Å². The Balaban J connectivity index is 2.03. The van der Waals surface area contributed by atoms with Crippen LogP contribution >= 0.6 is 0 Å². The van der Waals surface area contributed by atoms with Crippen molar-refractivity contribution >= 4 is 11.6 Å². The number of benzene rings is 1. The van der Waals surface area contributed by atoms with Crippen LogP contribution < -0.4 is 20.1 Å². The van der Waals surface area contributed by atoms with Gasteiger partial charge in [-0.2, -0.15) is 0 Å². The van der Waals surface area contributed by atoms with Gasteiger partial charge in [0.05, 0.1) is 20.3 Å². The summed E-state index contributed by atoms with van der Waals surface area (Å²) in [5, 5.41) is 6.21. The highest BCUT2D eigenvalue weighted by Gasteiger charge is 2.19. The molecule has 1 atom stereocenters. The number of anilines is 1. The van der Waals surface area contributed by atoms with Gasteiger partial charge >= 0.3 is 0 Å². The number of methoxy groups -OCH3 is 2. The zero-order valence-electron chi connectivity index (χ0n) is 12.1. The second-order valence-electron chi connectivity index (χ2n) is 4.92. The summed E-state index contributed by atoms with van der Waals surface area (Å²) in [6.07, 6.45) is 4.31. The molecule has 0 bridgehead atoms. The van der Waals surface area contributed by atoms with Crippen molar-refractivity contribution in [2.24, 2.45) is 0 Å². The highest BCUT2D eigenvalue weighted by Crippen LogP contribution is 2.29. The van der Waals surface area contributed by atoms with Crippen molar-refractivity contribution in [3.8, 4) is 11.5 Å². The van der Waals surface area contributed by atoms with Crippen LogP contribution in [0.4, 0.5) is 5.69 Å². The molecule has 1 aliphatic heterocycles. The monoisotopic (exact) mass is 278 g/mol. The number of amides is 1. The van der Waals surface area contributed by atoms with Crippen molar-refractivity contribution in [3.05, 3.63) is 18.2 Å². The Morgan fingerprint density at radius 3 is 2.75 bits per heavy atom. The first-order valence-corrected chi connectivity index (χ1v) is 7.01. The molecule has 1 aliphatic rings. The molecule has 1 saturated heterocycles. The highest BCUT2D eigenvalue weighted by molar-refractivity contribution is 5.95. The zero-order valence-corrected chi connectivity index (χ0v) is 12.1. The molecule has 1 heterocycles. The summed E-state index contributed by atoms with van der Waals surface area (Å²) in [6.45, 7) is 0.907. The van der Waals surface area contributed by atoms with Gasteiger partial charge in [-0.15, -0.1) is 0 Å².